The first-order chi connectivity index (χ1) is 14.2. The van der Waals surface area contributed by atoms with Gasteiger partial charge in [-0.2, -0.15) is 0 Å². The van der Waals surface area contributed by atoms with E-state index in [0.29, 0.717) is 30.6 Å². The van der Waals surface area contributed by atoms with Crippen molar-refractivity contribution in [2.24, 2.45) is 0 Å². The van der Waals surface area contributed by atoms with Crippen LogP contribution in [0, 0.1) is 6.92 Å². The second kappa shape index (κ2) is 7.35. The lowest BCUT2D eigenvalue weighted by molar-refractivity contribution is 0.0741. The van der Waals surface area contributed by atoms with Crippen LogP contribution >= 0.6 is 0 Å². The van der Waals surface area contributed by atoms with Crippen LogP contribution in [0.2, 0.25) is 0 Å². The molecule has 0 atom stereocenters. The van der Waals surface area contributed by atoms with Gasteiger partial charge in [0.2, 0.25) is 5.88 Å². The molecular weight excluding hydrogens is 370 g/mol. The van der Waals surface area contributed by atoms with Crippen molar-refractivity contribution in [1.29, 1.82) is 0 Å². The molecule has 2 aromatic heterocycles. The molecular formula is C21H23N5O3. The molecule has 1 amide bonds. The molecule has 2 fully saturated rings. The summed E-state index contributed by atoms with van der Waals surface area (Å²) in [4.78, 5) is 29.5. The molecule has 8 heteroatoms. The number of rotatable bonds is 4. The maximum Gasteiger partial charge on any atom is 0.275 e. The topological polar surface area (TPSA) is 84.6 Å². The minimum atomic E-state index is -0.0791. The Labute approximate surface area is 168 Å². The van der Waals surface area contributed by atoms with Gasteiger partial charge < -0.3 is 19.0 Å². The van der Waals surface area contributed by atoms with E-state index in [9.17, 15) is 4.79 Å². The minimum Gasteiger partial charge on any atom is -0.474 e. The average molecular weight is 393 g/mol. The van der Waals surface area contributed by atoms with Crippen molar-refractivity contribution in [2.75, 3.05) is 31.1 Å². The number of piperazine rings is 1. The molecule has 8 nitrogen and oxygen atoms in total. The zero-order valence-electron chi connectivity index (χ0n) is 16.4. The van der Waals surface area contributed by atoms with Gasteiger partial charge in [0.05, 0.1) is 10.9 Å². The van der Waals surface area contributed by atoms with Crippen molar-refractivity contribution >= 4 is 22.5 Å². The van der Waals surface area contributed by atoms with Crippen LogP contribution in [0.5, 0.6) is 5.88 Å². The van der Waals surface area contributed by atoms with Crippen molar-refractivity contribution in [3.05, 3.63) is 42.4 Å². The number of amides is 1. The molecule has 2 aliphatic rings. The van der Waals surface area contributed by atoms with E-state index in [-0.39, 0.29) is 12.0 Å². The first-order valence-electron chi connectivity index (χ1n) is 10.0. The van der Waals surface area contributed by atoms with E-state index in [2.05, 4.69) is 32.0 Å². The Bertz CT molecular complexity index is 1040. The van der Waals surface area contributed by atoms with Gasteiger partial charge in [-0.3, -0.25) is 4.79 Å². The van der Waals surface area contributed by atoms with E-state index in [4.69, 9.17) is 9.15 Å². The van der Waals surface area contributed by atoms with Crippen molar-refractivity contribution in [1.82, 2.24) is 19.9 Å². The summed E-state index contributed by atoms with van der Waals surface area (Å²) in [7, 11) is 0. The number of carbonyl (C=O) groups is 1. The number of carbonyl (C=O) groups excluding carboxylic acids is 1. The lowest BCUT2D eigenvalue weighted by atomic mass is 9.96. The second-order valence-corrected chi connectivity index (χ2v) is 7.58. The van der Waals surface area contributed by atoms with Gasteiger partial charge in [-0.05, 0) is 37.5 Å². The van der Waals surface area contributed by atoms with Crippen molar-refractivity contribution in [3.8, 4) is 5.88 Å². The van der Waals surface area contributed by atoms with E-state index in [1.54, 1.807) is 13.3 Å². The van der Waals surface area contributed by atoms with Crippen LogP contribution < -0.4 is 9.64 Å². The molecule has 0 radical (unpaired) electrons. The number of hydrogen-bond donors (Lipinski definition) is 0. The molecule has 0 spiro atoms. The highest BCUT2D eigenvalue weighted by Crippen LogP contribution is 2.31. The van der Waals surface area contributed by atoms with Crippen molar-refractivity contribution in [2.45, 2.75) is 32.3 Å². The summed E-state index contributed by atoms with van der Waals surface area (Å²) in [6.45, 7) is 4.52. The van der Waals surface area contributed by atoms with Crippen LogP contribution in [0.4, 0.5) is 5.69 Å². The highest BCUT2D eigenvalue weighted by Gasteiger charge is 2.25. The molecule has 150 valence electrons. The SMILES string of the molecule is Cc1nc(C(=O)N2CCN(c3ccc4ncnc(OC5CCC5)c4c3)CC2)co1. The maximum absolute atomic E-state index is 12.6. The average Bonchev–Trinajstić information content (AvgIpc) is 3.16. The summed E-state index contributed by atoms with van der Waals surface area (Å²) >= 11 is 0. The van der Waals surface area contributed by atoms with Crippen LogP contribution in [-0.2, 0) is 0 Å². The summed E-state index contributed by atoms with van der Waals surface area (Å²) in [5.41, 5.74) is 2.35. The van der Waals surface area contributed by atoms with Crippen LogP contribution in [0.3, 0.4) is 0 Å². The molecule has 5 rings (SSSR count). The fourth-order valence-electron chi connectivity index (χ4n) is 3.75. The number of nitrogens with zero attached hydrogens (tertiary/aromatic N) is 5. The third-order valence-corrected chi connectivity index (χ3v) is 5.68. The zero-order valence-corrected chi connectivity index (χ0v) is 16.4. The normalized spacial score (nSPS) is 17.4. The monoisotopic (exact) mass is 393 g/mol. The first kappa shape index (κ1) is 17.9. The molecule has 1 aliphatic carbocycles. The summed E-state index contributed by atoms with van der Waals surface area (Å²) in [5.74, 6) is 1.09. The molecule has 0 N–H and O–H groups in total. The van der Waals surface area contributed by atoms with Gasteiger partial charge in [0.1, 0.15) is 18.7 Å². The molecule has 3 aromatic rings. The van der Waals surface area contributed by atoms with E-state index in [1.807, 2.05) is 11.0 Å². The fourth-order valence-corrected chi connectivity index (χ4v) is 3.75. The highest BCUT2D eigenvalue weighted by molar-refractivity contribution is 5.92. The van der Waals surface area contributed by atoms with Crippen LogP contribution in [-0.4, -0.2) is 58.0 Å². The molecule has 1 aliphatic heterocycles. The number of oxazole rings is 1. The molecule has 3 heterocycles. The Hall–Kier alpha value is -3.16. The molecule has 1 saturated heterocycles. The molecule has 1 aromatic carbocycles. The van der Waals surface area contributed by atoms with Gasteiger partial charge in [0.15, 0.2) is 11.6 Å². The van der Waals surface area contributed by atoms with Gasteiger partial charge in [-0.1, -0.05) is 0 Å². The summed E-state index contributed by atoms with van der Waals surface area (Å²) in [6, 6.07) is 6.18. The van der Waals surface area contributed by atoms with Gasteiger partial charge in [0, 0.05) is 38.8 Å². The number of ether oxygens (including phenoxy) is 1. The van der Waals surface area contributed by atoms with Crippen molar-refractivity contribution in [3.63, 3.8) is 0 Å². The molecule has 0 bridgehead atoms. The van der Waals surface area contributed by atoms with E-state index in [0.717, 1.165) is 42.5 Å². The Kier molecular flexibility index (Phi) is 4.54. The van der Waals surface area contributed by atoms with E-state index in [1.165, 1.54) is 12.7 Å². The van der Waals surface area contributed by atoms with Crippen LogP contribution in [0.15, 0.2) is 35.2 Å². The Balaban J connectivity index is 1.31. The number of benzene rings is 1. The zero-order chi connectivity index (χ0) is 19.8. The predicted octanol–water partition coefficient (Wildman–Crippen LogP) is 2.82. The Morgan fingerprint density at radius 1 is 1.17 bits per heavy atom. The fraction of sp³-hybridized carbons (Fsp3) is 0.429. The van der Waals surface area contributed by atoms with E-state index < -0.39 is 0 Å². The Morgan fingerprint density at radius 2 is 2.00 bits per heavy atom. The third kappa shape index (κ3) is 3.50. The maximum atomic E-state index is 12.6. The lowest BCUT2D eigenvalue weighted by Crippen LogP contribution is -2.48. The lowest BCUT2D eigenvalue weighted by Gasteiger charge is -2.36. The van der Waals surface area contributed by atoms with Crippen molar-refractivity contribution < 1.29 is 13.9 Å². The summed E-state index contributed by atoms with van der Waals surface area (Å²) in [6.07, 6.45) is 6.66. The van der Waals surface area contributed by atoms with Gasteiger partial charge in [0.25, 0.3) is 5.91 Å². The van der Waals surface area contributed by atoms with Gasteiger partial charge >= 0.3 is 0 Å². The van der Waals surface area contributed by atoms with Gasteiger partial charge in [-0.25, -0.2) is 15.0 Å². The summed E-state index contributed by atoms with van der Waals surface area (Å²) in [5, 5.41) is 0.938. The standard InChI is InChI=1S/C21H23N5O3/c1-14-24-19(12-28-14)21(27)26-9-7-25(8-10-26)15-5-6-18-17(11-15)20(23-13-22-18)29-16-3-2-4-16/h5-6,11-13,16H,2-4,7-10H2,1H3. The second-order valence-electron chi connectivity index (χ2n) is 7.58. The smallest absolute Gasteiger partial charge is 0.275 e. The molecule has 0 unspecified atom stereocenters. The number of hydrogen-bond acceptors (Lipinski definition) is 7. The number of anilines is 1. The summed E-state index contributed by atoms with van der Waals surface area (Å²) < 4.78 is 11.2. The van der Waals surface area contributed by atoms with Crippen LogP contribution in [0.1, 0.15) is 35.6 Å². The quantitative estimate of drug-likeness (QED) is 0.674. The van der Waals surface area contributed by atoms with E-state index >= 15 is 0 Å². The number of aryl methyl sites for hydroxylation is 1. The Morgan fingerprint density at radius 3 is 2.69 bits per heavy atom. The largest absolute Gasteiger partial charge is 0.474 e. The number of fused-ring (bicyclic) bond motifs is 1. The first-order valence-corrected chi connectivity index (χ1v) is 10.0. The van der Waals surface area contributed by atoms with Gasteiger partial charge in [-0.15, -0.1) is 0 Å². The minimum absolute atomic E-state index is 0.0791. The predicted molar refractivity (Wildman–Crippen MR) is 107 cm³/mol. The highest BCUT2D eigenvalue weighted by atomic mass is 16.5. The number of aromatic nitrogens is 3. The van der Waals surface area contributed by atoms with Crippen LogP contribution in [0.25, 0.3) is 10.9 Å². The third-order valence-electron chi connectivity index (χ3n) is 5.68. The molecule has 29 heavy (non-hydrogen) atoms. The molecule has 1 saturated carbocycles.